The number of hydrogen-bond donors (Lipinski definition) is 2. The Morgan fingerprint density at radius 3 is 2.63 bits per heavy atom. The van der Waals surface area contributed by atoms with Crippen molar-refractivity contribution in [1.29, 1.82) is 0 Å². The summed E-state index contributed by atoms with van der Waals surface area (Å²) < 4.78 is 0. The van der Waals surface area contributed by atoms with E-state index in [1.54, 1.807) is 0 Å². The summed E-state index contributed by atoms with van der Waals surface area (Å²) in [7, 11) is 0. The lowest BCUT2D eigenvalue weighted by molar-refractivity contribution is 0.101. The number of halogens is 2. The molecule has 0 aromatic carbocycles. The van der Waals surface area contributed by atoms with Crippen LogP contribution in [-0.2, 0) is 0 Å². The van der Waals surface area contributed by atoms with Crippen LogP contribution >= 0.6 is 23.2 Å². The molecule has 2 aromatic rings. The van der Waals surface area contributed by atoms with Gasteiger partial charge in [-0.3, -0.25) is 9.89 Å². The molecule has 0 atom stereocenters. The van der Waals surface area contributed by atoms with Crippen molar-refractivity contribution >= 4 is 34.9 Å². The molecule has 7 nitrogen and oxygen atoms in total. The van der Waals surface area contributed by atoms with Gasteiger partial charge in [0.1, 0.15) is 16.8 Å². The second-order valence-corrected chi connectivity index (χ2v) is 4.72. The highest BCUT2D eigenvalue weighted by molar-refractivity contribution is 6.32. The maximum absolute atomic E-state index is 11.9. The van der Waals surface area contributed by atoms with Crippen LogP contribution in [-0.4, -0.2) is 31.1 Å². The first-order valence-corrected chi connectivity index (χ1v) is 6.15. The van der Waals surface area contributed by atoms with E-state index in [0.717, 1.165) is 0 Å². The fourth-order valence-corrected chi connectivity index (χ4v) is 1.67. The van der Waals surface area contributed by atoms with Crippen LogP contribution in [0.3, 0.4) is 0 Å². The van der Waals surface area contributed by atoms with E-state index < -0.39 is 5.91 Å². The number of carbonyl (C=O) groups excluding carboxylic acids is 1. The number of amides is 1. The summed E-state index contributed by atoms with van der Waals surface area (Å²) in [6, 6.07) is 1.38. The molecule has 0 radical (unpaired) electrons. The van der Waals surface area contributed by atoms with Gasteiger partial charge in [0, 0.05) is 12.0 Å². The molecule has 1 amide bonds. The third kappa shape index (κ3) is 3.39. The van der Waals surface area contributed by atoms with Crippen molar-refractivity contribution in [1.82, 2.24) is 25.1 Å². The van der Waals surface area contributed by atoms with E-state index >= 15 is 0 Å². The smallest absolute Gasteiger partial charge is 0.296 e. The molecule has 2 N–H and O–H groups in total. The van der Waals surface area contributed by atoms with Gasteiger partial charge >= 0.3 is 0 Å². The van der Waals surface area contributed by atoms with Gasteiger partial charge in [0.2, 0.25) is 11.1 Å². The molecule has 0 fully saturated rings. The van der Waals surface area contributed by atoms with Crippen LogP contribution in [0.15, 0.2) is 6.07 Å². The monoisotopic (exact) mass is 300 g/mol. The number of aromatic amines is 1. The molecule has 0 saturated carbocycles. The van der Waals surface area contributed by atoms with Gasteiger partial charge in [0.25, 0.3) is 5.91 Å². The molecule has 19 heavy (non-hydrogen) atoms. The van der Waals surface area contributed by atoms with Crippen molar-refractivity contribution in [3.05, 3.63) is 28.2 Å². The van der Waals surface area contributed by atoms with Crippen LogP contribution in [0.4, 0.5) is 5.82 Å². The Kier molecular flexibility index (Phi) is 3.96. The van der Waals surface area contributed by atoms with Crippen LogP contribution in [0.1, 0.15) is 36.2 Å². The Morgan fingerprint density at radius 1 is 1.32 bits per heavy atom. The van der Waals surface area contributed by atoms with E-state index in [-0.39, 0.29) is 28.0 Å². The summed E-state index contributed by atoms with van der Waals surface area (Å²) >= 11 is 11.3. The van der Waals surface area contributed by atoms with E-state index in [2.05, 4.69) is 30.5 Å². The van der Waals surface area contributed by atoms with Gasteiger partial charge in [-0.05, 0) is 11.6 Å². The van der Waals surface area contributed by atoms with Gasteiger partial charge < -0.3 is 5.32 Å². The molecule has 2 heterocycles. The Morgan fingerprint density at radius 2 is 2.05 bits per heavy atom. The molecule has 0 spiro atoms. The summed E-state index contributed by atoms with van der Waals surface area (Å²) in [5.41, 5.74) is 0. The molecule has 9 heteroatoms. The second kappa shape index (κ2) is 5.50. The van der Waals surface area contributed by atoms with E-state index in [1.165, 1.54) is 6.07 Å². The van der Waals surface area contributed by atoms with Crippen molar-refractivity contribution in [3.8, 4) is 0 Å². The van der Waals surface area contributed by atoms with Gasteiger partial charge in [0.05, 0.1) is 0 Å². The van der Waals surface area contributed by atoms with E-state index in [9.17, 15) is 4.79 Å². The lowest BCUT2D eigenvalue weighted by atomic mass is 10.2. The Hall–Kier alpha value is -1.73. The third-order valence-corrected chi connectivity index (χ3v) is 2.52. The molecule has 0 saturated heterocycles. The topological polar surface area (TPSA) is 96.5 Å². The summed E-state index contributed by atoms with van der Waals surface area (Å²) in [6.07, 6.45) is 0. The van der Waals surface area contributed by atoms with Crippen molar-refractivity contribution in [2.75, 3.05) is 5.32 Å². The molecule has 0 aliphatic carbocycles. The summed E-state index contributed by atoms with van der Waals surface area (Å²) in [5, 5.41) is 9.07. The normalized spacial score (nSPS) is 10.8. The van der Waals surface area contributed by atoms with E-state index in [0.29, 0.717) is 5.82 Å². The molecule has 2 rings (SSSR count). The molecular formula is C10H10Cl2N6O. The minimum atomic E-state index is -0.506. The molecule has 100 valence electrons. The van der Waals surface area contributed by atoms with Gasteiger partial charge in [-0.15, -0.1) is 5.10 Å². The SMILES string of the molecule is CC(C)c1nc(C(=O)Nc2cc(Cl)nc(Cl)n2)n[nH]1. The van der Waals surface area contributed by atoms with Gasteiger partial charge in [-0.1, -0.05) is 25.4 Å². The van der Waals surface area contributed by atoms with Gasteiger partial charge in [0.15, 0.2) is 0 Å². The number of nitrogens with zero attached hydrogens (tertiary/aromatic N) is 4. The zero-order chi connectivity index (χ0) is 14.0. The zero-order valence-electron chi connectivity index (χ0n) is 10.1. The zero-order valence-corrected chi connectivity index (χ0v) is 11.6. The van der Waals surface area contributed by atoms with Crippen LogP contribution in [0, 0.1) is 0 Å². The summed E-state index contributed by atoms with van der Waals surface area (Å²) in [6.45, 7) is 3.87. The van der Waals surface area contributed by atoms with Crippen molar-refractivity contribution in [2.24, 2.45) is 0 Å². The van der Waals surface area contributed by atoms with Crippen molar-refractivity contribution < 1.29 is 4.79 Å². The van der Waals surface area contributed by atoms with Crippen LogP contribution in [0.2, 0.25) is 10.4 Å². The first-order valence-electron chi connectivity index (χ1n) is 5.39. The average molecular weight is 301 g/mol. The largest absolute Gasteiger partial charge is 0.304 e. The van der Waals surface area contributed by atoms with Crippen molar-refractivity contribution in [3.63, 3.8) is 0 Å². The van der Waals surface area contributed by atoms with E-state index in [4.69, 9.17) is 23.2 Å². The Balaban J connectivity index is 2.15. The standard InChI is InChI=1S/C10H10Cl2N6O/c1-4(2)7-16-8(18-17-7)9(19)14-6-3-5(11)13-10(12)15-6/h3-4H,1-2H3,(H,16,17,18)(H,13,14,15,19). The Labute approximate surface area is 118 Å². The molecular weight excluding hydrogens is 291 g/mol. The number of carbonyl (C=O) groups is 1. The fraction of sp³-hybridized carbons (Fsp3) is 0.300. The number of H-pyrrole nitrogens is 1. The van der Waals surface area contributed by atoms with Gasteiger partial charge in [-0.2, -0.15) is 0 Å². The number of rotatable bonds is 3. The number of aromatic nitrogens is 5. The van der Waals surface area contributed by atoms with Crippen molar-refractivity contribution in [2.45, 2.75) is 19.8 Å². The quantitative estimate of drug-likeness (QED) is 0.669. The lowest BCUT2D eigenvalue weighted by Crippen LogP contribution is -2.15. The molecule has 0 aliphatic heterocycles. The third-order valence-electron chi connectivity index (χ3n) is 2.16. The minimum absolute atomic E-state index is 0.0227. The predicted octanol–water partition coefficient (Wildman–Crippen LogP) is 2.28. The van der Waals surface area contributed by atoms with Crippen LogP contribution in [0.25, 0.3) is 0 Å². The summed E-state index contributed by atoms with van der Waals surface area (Å²) in [5.74, 6) is 0.482. The number of nitrogens with one attached hydrogen (secondary N) is 2. The highest BCUT2D eigenvalue weighted by Crippen LogP contribution is 2.15. The minimum Gasteiger partial charge on any atom is -0.304 e. The molecule has 0 aliphatic rings. The number of hydrogen-bond acceptors (Lipinski definition) is 5. The number of anilines is 1. The Bertz CT molecular complexity index is 592. The second-order valence-electron chi connectivity index (χ2n) is 4.00. The average Bonchev–Trinajstić information content (AvgIpc) is 2.76. The first kappa shape index (κ1) is 13.7. The summed E-state index contributed by atoms with van der Waals surface area (Å²) in [4.78, 5) is 23.4. The highest BCUT2D eigenvalue weighted by atomic mass is 35.5. The van der Waals surface area contributed by atoms with E-state index in [1.807, 2.05) is 13.8 Å². The van der Waals surface area contributed by atoms with Gasteiger partial charge in [-0.25, -0.2) is 15.0 Å². The predicted molar refractivity (Wildman–Crippen MR) is 70.5 cm³/mol. The molecule has 0 bridgehead atoms. The maximum Gasteiger partial charge on any atom is 0.296 e. The first-order chi connectivity index (χ1) is 8.95. The lowest BCUT2D eigenvalue weighted by Gasteiger charge is -2.02. The highest BCUT2D eigenvalue weighted by Gasteiger charge is 2.15. The molecule has 2 aromatic heterocycles. The molecule has 0 unspecified atom stereocenters. The van der Waals surface area contributed by atoms with Crippen LogP contribution < -0.4 is 5.32 Å². The van der Waals surface area contributed by atoms with Crippen LogP contribution in [0.5, 0.6) is 0 Å². The fourth-order valence-electron chi connectivity index (χ4n) is 1.26. The maximum atomic E-state index is 11.9.